The van der Waals surface area contributed by atoms with E-state index in [9.17, 15) is 5.11 Å². The molecule has 0 aliphatic rings. The largest absolute Gasteiger partial charge is 0.495 e. The van der Waals surface area contributed by atoms with Crippen molar-refractivity contribution in [3.05, 3.63) is 36.9 Å². The van der Waals surface area contributed by atoms with Crippen LogP contribution in [0.1, 0.15) is 20.3 Å². The van der Waals surface area contributed by atoms with Crippen LogP contribution in [0.15, 0.2) is 36.9 Å². The van der Waals surface area contributed by atoms with E-state index >= 15 is 0 Å². The van der Waals surface area contributed by atoms with E-state index in [0.29, 0.717) is 36.1 Å². The molecule has 0 bridgehead atoms. The average molecular weight is 393 g/mol. The normalized spacial score (nSPS) is 11.1. The highest BCUT2D eigenvalue weighted by molar-refractivity contribution is 5.79. The third-order valence-electron chi connectivity index (χ3n) is 4.40. The van der Waals surface area contributed by atoms with E-state index in [4.69, 9.17) is 15.1 Å². The molecule has 3 rings (SSSR count). The summed E-state index contributed by atoms with van der Waals surface area (Å²) in [5.41, 5.74) is 2.27. The van der Waals surface area contributed by atoms with Gasteiger partial charge in [-0.2, -0.15) is 10.4 Å². The Morgan fingerprint density at radius 3 is 2.90 bits per heavy atom. The topological polar surface area (TPSA) is 122 Å². The van der Waals surface area contributed by atoms with Crippen molar-refractivity contribution in [1.82, 2.24) is 24.7 Å². The van der Waals surface area contributed by atoms with Crippen LogP contribution in [0.4, 0.5) is 5.95 Å². The molecule has 3 heterocycles. The predicted molar refractivity (Wildman–Crippen MR) is 108 cm³/mol. The lowest BCUT2D eigenvalue weighted by Gasteiger charge is -2.22. The van der Waals surface area contributed by atoms with Gasteiger partial charge in [-0.25, -0.2) is 9.97 Å². The average Bonchev–Trinajstić information content (AvgIpc) is 3.21. The molecule has 9 nitrogen and oxygen atoms in total. The van der Waals surface area contributed by atoms with Crippen molar-refractivity contribution in [2.75, 3.05) is 25.6 Å². The number of pyridine rings is 1. The van der Waals surface area contributed by atoms with Gasteiger partial charge in [-0.05, 0) is 26.0 Å². The Morgan fingerprint density at radius 2 is 2.17 bits per heavy atom. The van der Waals surface area contributed by atoms with Crippen molar-refractivity contribution in [3.8, 4) is 34.3 Å². The number of hydrogen-bond donors (Lipinski definition) is 2. The Bertz CT molecular complexity index is 1020. The van der Waals surface area contributed by atoms with Crippen LogP contribution < -0.4 is 10.1 Å². The molecule has 0 radical (unpaired) electrons. The van der Waals surface area contributed by atoms with Gasteiger partial charge in [-0.15, -0.1) is 0 Å². The summed E-state index contributed by atoms with van der Waals surface area (Å²) in [5, 5.41) is 26.2. The van der Waals surface area contributed by atoms with E-state index in [-0.39, 0.29) is 6.61 Å². The number of anilines is 1. The van der Waals surface area contributed by atoms with Gasteiger partial charge in [-0.1, -0.05) is 0 Å². The maximum Gasteiger partial charge on any atom is 0.223 e. The summed E-state index contributed by atoms with van der Waals surface area (Å²) >= 11 is 0. The summed E-state index contributed by atoms with van der Waals surface area (Å²) < 4.78 is 7.02. The number of aliphatic hydroxyl groups is 1. The highest BCUT2D eigenvalue weighted by Crippen LogP contribution is 2.33. The molecule has 0 aliphatic heterocycles. The van der Waals surface area contributed by atoms with Crippen LogP contribution in [0.5, 0.6) is 5.75 Å². The number of nitrogens with zero attached hydrogens (tertiary/aromatic N) is 6. The van der Waals surface area contributed by atoms with Crippen LogP contribution in [0.2, 0.25) is 0 Å². The van der Waals surface area contributed by atoms with Crippen LogP contribution in [0.25, 0.3) is 22.5 Å². The van der Waals surface area contributed by atoms with Gasteiger partial charge in [-0.3, -0.25) is 9.67 Å². The molecule has 0 unspecified atom stereocenters. The zero-order valence-corrected chi connectivity index (χ0v) is 16.6. The number of aromatic nitrogens is 5. The molecule has 0 atom stereocenters. The van der Waals surface area contributed by atoms with Gasteiger partial charge in [0.15, 0.2) is 0 Å². The van der Waals surface area contributed by atoms with Gasteiger partial charge in [0.2, 0.25) is 5.95 Å². The third-order valence-corrected chi connectivity index (χ3v) is 4.40. The predicted octanol–water partition coefficient (Wildman–Crippen LogP) is 2.46. The first-order chi connectivity index (χ1) is 14.0. The van der Waals surface area contributed by atoms with Crippen molar-refractivity contribution >= 4 is 5.95 Å². The molecular formula is C20H23N7O2. The van der Waals surface area contributed by atoms with Crippen LogP contribution in [-0.2, 0) is 5.54 Å². The maximum absolute atomic E-state index is 9.78. The molecule has 0 fully saturated rings. The second kappa shape index (κ2) is 8.67. The summed E-state index contributed by atoms with van der Waals surface area (Å²) in [7, 11) is 1.58. The van der Waals surface area contributed by atoms with E-state index in [1.54, 1.807) is 36.4 Å². The highest BCUT2D eigenvalue weighted by Gasteiger charge is 2.24. The lowest BCUT2D eigenvalue weighted by Crippen LogP contribution is -2.30. The molecule has 0 saturated carbocycles. The van der Waals surface area contributed by atoms with Gasteiger partial charge >= 0.3 is 0 Å². The summed E-state index contributed by atoms with van der Waals surface area (Å²) in [4.78, 5) is 13.0. The Kier molecular flexibility index (Phi) is 6.04. The zero-order valence-electron chi connectivity index (χ0n) is 16.6. The van der Waals surface area contributed by atoms with Gasteiger partial charge in [0.05, 0.1) is 43.6 Å². The Hall–Kier alpha value is -3.51. The maximum atomic E-state index is 9.78. The monoisotopic (exact) mass is 393 g/mol. The number of methoxy groups -OCH3 is 1. The molecule has 0 aromatic carbocycles. The summed E-state index contributed by atoms with van der Waals surface area (Å²) in [6.45, 7) is 4.18. The molecule has 9 heteroatoms. The lowest BCUT2D eigenvalue weighted by atomic mass is 10.1. The molecule has 29 heavy (non-hydrogen) atoms. The van der Waals surface area contributed by atoms with Crippen molar-refractivity contribution < 1.29 is 9.84 Å². The minimum atomic E-state index is -0.597. The lowest BCUT2D eigenvalue weighted by molar-refractivity contribution is 0.152. The molecule has 150 valence electrons. The Morgan fingerprint density at radius 1 is 1.34 bits per heavy atom. The van der Waals surface area contributed by atoms with Crippen LogP contribution in [0, 0.1) is 11.3 Å². The van der Waals surface area contributed by atoms with E-state index in [0.717, 1.165) is 11.1 Å². The van der Waals surface area contributed by atoms with Gasteiger partial charge in [0.25, 0.3) is 0 Å². The molecule has 2 N–H and O–H groups in total. The van der Waals surface area contributed by atoms with Crippen LogP contribution in [-0.4, -0.2) is 50.1 Å². The van der Waals surface area contributed by atoms with Crippen molar-refractivity contribution in [1.29, 1.82) is 5.26 Å². The summed E-state index contributed by atoms with van der Waals surface area (Å²) in [6.07, 6.45) is 7.19. The Labute approximate surface area is 169 Å². The Balaban J connectivity index is 2.10. The first-order valence-electron chi connectivity index (χ1n) is 9.13. The van der Waals surface area contributed by atoms with E-state index < -0.39 is 5.54 Å². The fourth-order valence-electron chi connectivity index (χ4n) is 2.64. The first kappa shape index (κ1) is 20.2. The quantitative estimate of drug-likeness (QED) is 0.560. The standard InChI is InChI=1S/C20H23N7O2/c1-20(2,13-28)27-12-16(17-5-8-24-19(25-17)23-7-4-6-21)18(26-27)14-9-15(29-3)11-22-10-14/h5,8-12,28H,4,7,13H2,1-3H3,(H,23,24,25). The highest BCUT2D eigenvalue weighted by atomic mass is 16.5. The first-order valence-corrected chi connectivity index (χ1v) is 9.13. The molecule has 0 aliphatic carbocycles. The minimum Gasteiger partial charge on any atom is -0.495 e. The number of rotatable bonds is 8. The summed E-state index contributed by atoms with van der Waals surface area (Å²) in [5.74, 6) is 1.05. The summed E-state index contributed by atoms with van der Waals surface area (Å²) in [6, 6.07) is 5.72. The number of aliphatic hydroxyl groups excluding tert-OH is 1. The SMILES string of the molecule is COc1cncc(-c2nn(C(C)(C)CO)cc2-c2ccnc(NCCC#N)n2)c1. The minimum absolute atomic E-state index is 0.0747. The number of ether oxygens (including phenoxy) is 1. The van der Waals surface area contributed by atoms with Gasteiger partial charge < -0.3 is 15.2 Å². The fraction of sp³-hybridized carbons (Fsp3) is 0.350. The van der Waals surface area contributed by atoms with E-state index in [1.807, 2.05) is 26.1 Å². The van der Waals surface area contributed by atoms with Crippen molar-refractivity contribution in [3.63, 3.8) is 0 Å². The second-order valence-corrected chi connectivity index (χ2v) is 7.02. The van der Waals surface area contributed by atoms with Gasteiger partial charge in [0.1, 0.15) is 11.4 Å². The fourth-order valence-corrected chi connectivity index (χ4v) is 2.64. The van der Waals surface area contributed by atoms with E-state index in [2.05, 4.69) is 26.3 Å². The molecule has 3 aromatic rings. The van der Waals surface area contributed by atoms with Crippen molar-refractivity contribution in [2.24, 2.45) is 0 Å². The smallest absolute Gasteiger partial charge is 0.223 e. The molecule has 3 aromatic heterocycles. The second-order valence-electron chi connectivity index (χ2n) is 7.02. The van der Waals surface area contributed by atoms with E-state index in [1.165, 1.54) is 0 Å². The molecule has 0 amide bonds. The molecular weight excluding hydrogens is 370 g/mol. The third kappa shape index (κ3) is 4.50. The van der Waals surface area contributed by atoms with Crippen LogP contribution >= 0.6 is 0 Å². The van der Waals surface area contributed by atoms with Gasteiger partial charge in [0, 0.05) is 36.3 Å². The van der Waals surface area contributed by atoms with Crippen LogP contribution in [0.3, 0.4) is 0 Å². The van der Waals surface area contributed by atoms with Crippen molar-refractivity contribution in [2.45, 2.75) is 25.8 Å². The zero-order chi connectivity index (χ0) is 20.9. The molecule has 0 spiro atoms. The number of nitrogens with one attached hydrogen (secondary N) is 1. The molecule has 0 saturated heterocycles. The number of hydrogen-bond acceptors (Lipinski definition) is 8. The number of nitriles is 1.